The molecule has 0 aromatic heterocycles. The van der Waals surface area contributed by atoms with Crippen molar-refractivity contribution in [3.8, 4) is 0 Å². The minimum atomic E-state index is 0.428. The molecule has 0 radical (unpaired) electrons. The number of benzene rings is 2. The summed E-state index contributed by atoms with van der Waals surface area (Å²) in [4.78, 5) is 0.428. The largest absolute Gasteiger partial charge is 0.0836 e. The SMILES string of the molecule is CCCCC(C)C(Br)c1ccc(Br)c2ccccc12. The lowest BCUT2D eigenvalue weighted by atomic mass is 9.92. The molecule has 19 heavy (non-hydrogen) atoms. The Hall–Kier alpha value is -0.340. The Morgan fingerprint density at radius 3 is 2.42 bits per heavy atom. The van der Waals surface area contributed by atoms with Crippen LogP contribution in [0.25, 0.3) is 10.8 Å². The lowest BCUT2D eigenvalue weighted by Gasteiger charge is -2.20. The van der Waals surface area contributed by atoms with E-state index in [1.54, 1.807) is 0 Å². The predicted octanol–water partition coefficient (Wildman–Crippen LogP) is 6.86. The molecule has 0 amide bonds. The Balaban J connectivity index is 2.37. The standard InChI is InChI=1S/C17H20Br2/c1-3-4-7-12(2)17(19)15-10-11-16(18)14-9-6-5-8-13(14)15/h5-6,8-12,17H,3-4,7H2,1-2H3. The fraction of sp³-hybridized carbons (Fsp3) is 0.412. The third-order valence-corrected chi connectivity index (χ3v) is 5.80. The molecule has 2 rings (SSSR count). The van der Waals surface area contributed by atoms with Crippen LogP contribution in [0, 0.1) is 5.92 Å². The molecular weight excluding hydrogens is 364 g/mol. The van der Waals surface area contributed by atoms with Gasteiger partial charge in [-0.05, 0) is 34.7 Å². The van der Waals surface area contributed by atoms with Gasteiger partial charge in [0, 0.05) is 9.30 Å². The van der Waals surface area contributed by atoms with Crippen LogP contribution < -0.4 is 0 Å². The highest BCUT2D eigenvalue weighted by Gasteiger charge is 2.18. The maximum atomic E-state index is 3.91. The normalized spacial score (nSPS) is 14.5. The molecule has 0 aliphatic rings. The highest BCUT2D eigenvalue weighted by atomic mass is 79.9. The number of alkyl halides is 1. The van der Waals surface area contributed by atoms with Crippen LogP contribution in [0.4, 0.5) is 0 Å². The van der Waals surface area contributed by atoms with Gasteiger partial charge in [0.1, 0.15) is 0 Å². The molecule has 0 spiro atoms. The average molecular weight is 384 g/mol. The van der Waals surface area contributed by atoms with Gasteiger partial charge in [-0.15, -0.1) is 0 Å². The molecule has 2 heteroatoms. The van der Waals surface area contributed by atoms with E-state index < -0.39 is 0 Å². The summed E-state index contributed by atoms with van der Waals surface area (Å²) < 4.78 is 1.17. The van der Waals surface area contributed by atoms with E-state index in [0.29, 0.717) is 10.7 Å². The number of halogens is 2. The monoisotopic (exact) mass is 382 g/mol. The second-order valence-corrected chi connectivity index (χ2v) is 7.04. The highest BCUT2D eigenvalue weighted by molar-refractivity contribution is 9.10. The van der Waals surface area contributed by atoms with Crippen LogP contribution in [0.15, 0.2) is 40.9 Å². The van der Waals surface area contributed by atoms with Gasteiger partial charge in [0.25, 0.3) is 0 Å². The van der Waals surface area contributed by atoms with Gasteiger partial charge in [-0.3, -0.25) is 0 Å². The zero-order chi connectivity index (χ0) is 13.8. The maximum absolute atomic E-state index is 3.91. The van der Waals surface area contributed by atoms with E-state index in [1.165, 1.54) is 40.1 Å². The number of fused-ring (bicyclic) bond motifs is 1. The van der Waals surface area contributed by atoms with Crippen LogP contribution in [0.3, 0.4) is 0 Å². The number of hydrogen-bond donors (Lipinski definition) is 0. The second-order valence-electron chi connectivity index (χ2n) is 5.20. The Morgan fingerprint density at radius 2 is 1.74 bits per heavy atom. The third-order valence-electron chi connectivity index (χ3n) is 3.71. The fourth-order valence-corrected chi connectivity index (χ4v) is 3.65. The Morgan fingerprint density at radius 1 is 1.05 bits per heavy atom. The van der Waals surface area contributed by atoms with Gasteiger partial charge in [0.15, 0.2) is 0 Å². The zero-order valence-corrected chi connectivity index (χ0v) is 14.7. The van der Waals surface area contributed by atoms with E-state index in [0.717, 1.165) is 0 Å². The first-order chi connectivity index (χ1) is 9.15. The molecule has 2 unspecified atom stereocenters. The van der Waals surface area contributed by atoms with Crippen molar-refractivity contribution < 1.29 is 0 Å². The molecule has 0 aliphatic carbocycles. The van der Waals surface area contributed by atoms with Crippen LogP contribution in [0.1, 0.15) is 43.5 Å². The number of unbranched alkanes of at least 4 members (excludes halogenated alkanes) is 1. The molecule has 2 aromatic rings. The molecule has 2 atom stereocenters. The molecule has 0 nitrogen and oxygen atoms in total. The second kappa shape index (κ2) is 6.90. The van der Waals surface area contributed by atoms with Crippen LogP contribution in [-0.4, -0.2) is 0 Å². The van der Waals surface area contributed by atoms with Gasteiger partial charge in [0.2, 0.25) is 0 Å². The summed E-state index contributed by atoms with van der Waals surface area (Å²) in [6.45, 7) is 4.59. The van der Waals surface area contributed by atoms with E-state index in [2.05, 4.69) is 82.1 Å². The van der Waals surface area contributed by atoms with Crippen molar-refractivity contribution in [1.29, 1.82) is 0 Å². The smallest absolute Gasteiger partial charge is 0.0427 e. The van der Waals surface area contributed by atoms with Crippen molar-refractivity contribution in [2.24, 2.45) is 5.92 Å². The molecule has 0 bridgehead atoms. The number of hydrogen-bond acceptors (Lipinski definition) is 0. The summed E-state index contributed by atoms with van der Waals surface area (Å²) in [5.41, 5.74) is 1.41. The van der Waals surface area contributed by atoms with Gasteiger partial charge >= 0.3 is 0 Å². The first kappa shape index (κ1) is 15.1. The molecule has 0 fully saturated rings. The van der Waals surface area contributed by atoms with E-state index in [9.17, 15) is 0 Å². The fourth-order valence-electron chi connectivity index (χ4n) is 2.51. The predicted molar refractivity (Wildman–Crippen MR) is 92.0 cm³/mol. The highest BCUT2D eigenvalue weighted by Crippen LogP contribution is 2.39. The van der Waals surface area contributed by atoms with Crippen molar-refractivity contribution in [1.82, 2.24) is 0 Å². The summed E-state index contributed by atoms with van der Waals surface area (Å²) in [5.74, 6) is 0.657. The average Bonchev–Trinajstić information content (AvgIpc) is 2.45. The lowest BCUT2D eigenvalue weighted by molar-refractivity contribution is 0.501. The molecule has 0 heterocycles. The molecule has 0 N–H and O–H groups in total. The van der Waals surface area contributed by atoms with Crippen LogP contribution in [0.2, 0.25) is 0 Å². The Bertz CT molecular complexity index is 548. The molecule has 2 aromatic carbocycles. The van der Waals surface area contributed by atoms with Crippen molar-refractivity contribution in [3.63, 3.8) is 0 Å². The van der Waals surface area contributed by atoms with Crippen molar-refractivity contribution in [2.45, 2.75) is 37.9 Å². The van der Waals surface area contributed by atoms with Gasteiger partial charge in [-0.25, -0.2) is 0 Å². The van der Waals surface area contributed by atoms with Gasteiger partial charge in [-0.1, -0.05) is 88.9 Å². The molecule has 102 valence electrons. The minimum Gasteiger partial charge on any atom is -0.0836 e. The van der Waals surface area contributed by atoms with Gasteiger partial charge < -0.3 is 0 Å². The summed E-state index contributed by atoms with van der Waals surface area (Å²) in [7, 11) is 0. The first-order valence-electron chi connectivity index (χ1n) is 6.96. The molecular formula is C17H20Br2. The summed E-state index contributed by atoms with van der Waals surface area (Å²) in [6.07, 6.45) is 3.85. The van der Waals surface area contributed by atoms with Gasteiger partial charge in [-0.2, -0.15) is 0 Å². The van der Waals surface area contributed by atoms with Crippen LogP contribution in [0.5, 0.6) is 0 Å². The van der Waals surface area contributed by atoms with E-state index in [4.69, 9.17) is 0 Å². The minimum absolute atomic E-state index is 0.428. The van der Waals surface area contributed by atoms with E-state index >= 15 is 0 Å². The van der Waals surface area contributed by atoms with E-state index in [1.807, 2.05) is 0 Å². The Kier molecular flexibility index (Phi) is 5.47. The molecule has 0 saturated carbocycles. The quantitative estimate of drug-likeness (QED) is 0.494. The Labute approximate surface area is 132 Å². The van der Waals surface area contributed by atoms with Crippen LogP contribution in [-0.2, 0) is 0 Å². The van der Waals surface area contributed by atoms with Crippen LogP contribution >= 0.6 is 31.9 Å². The summed E-state index contributed by atoms with van der Waals surface area (Å²) in [5, 5.41) is 2.65. The van der Waals surface area contributed by atoms with Crippen molar-refractivity contribution >= 4 is 42.6 Å². The van der Waals surface area contributed by atoms with Gasteiger partial charge in [0.05, 0.1) is 0 Å². The summed E-state index contributed by atoms with van der Waals surface area (Å²) in [6, 6.07) is 13.0. The van der Waals surface area contributed by atoms with Crippen molar-refractivity contribution in [2.75, 3.05) is 0 Å². The first-order valence-corrected chi connectivity index (χ1v) is 8.67. The molecule has 0 aliphatic heterocycles. The number of rotatable bonds is 5. The van der Waals surface area contributed by atoms with Crippen molar-refractivity contribution in [3.05, 3.63) is 46.4 Å². The van der Waals surface area contributed by atoms with E-state index in [-0.39, 0.29) is 0 Å². The topological polar surface area (TPSA) is 0 Å². The molecule has 0 saturated heterocycles. The zero-order valence-electron chi connectivity index (χ0n) is 11.5. The summed E-state index contributed by atoms with van der Waals surface area (Å²) >= 11 is 7.56. The maximum Gasteiger partial charge on any atom is 0.0427 e. The third kappa shape index (κ3) is 3.41. The lowest BCUT2D eigenvalue weighted by Crippen LogP contribution is -2.04.